The van der Waals surface area contributed by atoms with E-state index in [1.54, 1.807) is 18.2 Å². The normalized spacial score (nSPS) is 12.4. The lowest BCUT2D eigenvalue weighted by Crippen LogP contribution is -2.30. The minimum atomic E-state index is -0.985. The highest BCUT2D eigenvalue weighted by Gasteiger charge is 2.20. The smallest absolute Gasteiger partial charge is 0.329 e. The molecular weight excluding hydrogens is 460 g/mol. The quantitative estimate of drug-likeness (QED) is 0.261. The monoisotopic (exact) mass is 482 g/mol. The topological polar surface area (TPSA) is 127 Å². The second-order valence-corrected chi connectivity index (χ2v) is 8.07. The number of fused-ring (bicyclic) bond motifs is 1. The van der Waals surface area contributed by atoms with Crippen LogP contribution in [0.5, 0.6) is 5.75 Å². The largest absolute Gasteiger partial charge is 0.491 e. The molecule has 4 rings (SSSR count). The molecule has 0 radical (unpaired) electrons. The van der Waals surface area contributed by atoms with Crippen molar-refractivity contribution in [3.05, 3.63) is 85.5 Å². The third-order valence-corrected chi connectivity index (χ3v) is 5.54. The molecule has 0 aliphatic heterocycles. The maximum atomic E-state index is 12.6. The standard InChI is InChI=1S/C23H23ClN6O4/c1-14-7-3-6-10-18(14)34-13-16(31)12-30-19-20(29(2)23(33)27-21(19)32)26-22(30)28-25-11-15-8-4-5-9-17(15)24/h3-11,16,31H,12-13H2,1-2H3,(H,26,28)(H,27,32,33)/b25-11-. The number of ether oxygens (including phenoxy) is 1. The molecule has 0 aliphatic rings. The number of nitrogens with zero attached hydrogens (tertiary/aromatic N) is 4. The Bertz CT molecular complexity index is 1470. The highest BCUT2D eigenvalue weighted by molar-refractivity contribution is 6.33. The van der Waals surface area contributed by atoms with Crippen LogP contribution >= 0.6 is 11.6 Å². The summed E-state index contributed by atoms with van der Waals surface area (Å²) in [6, 6.07) is 14.6. The van der Waals surface area contributed by atoms with Gasteiger partial charge in [0, 0.05) is 17.6 Å². The van der Waals surface area contributed by atoms with Crippen molar-refractivity contribution in [3.8, 4) is 5.75 Å². The van der Waals surface area contributed by atoms with Gasteiger partial charge in [-0.2, -0.15) is 10.1 Å². The number of hydrazone groups is 1. The number of hydrogen-bond acceptors (Lipinski definition) is 7. The molecule has 1 atom stereocenters. The molecule has 0 spiro atoms. The number of para-hydroxylation sites is 1. The highest BCUT2D eigenvalue weighted by Crippen LogP contribution is 2.19. The third-order valence-electron chi connectivity index (χ3n) is 5.20. The zero-order valence-corrected chi connectivity index (χ0v) is 19.3. The minimum Gasteiger partial charge on any atom is -0.491 e. The van der Waals surface area contributed by atoms with E-state index in [4.69, 9.17) is 16.3 Å². The molecule has 0 amide bonds. The van der Waals surface area contributed by atoms with Crippen LogP contribution in [0.4, 0.5) is 5.95 Å². The molecule has 4 aromatic rings. The molecule has 0 saturated carbocycles. The number of hydrogen-bond donors (Lipinski definition) is 3. The molecule has 2 aromatic heterocycles. The summed E-state index contributed by atoms with van der Waals surface area (Å²) in [4.78, 5) is 31.3. The molecule has 1 unspecified atom stereocenters. The lowest BCUT2D eigenvalue weighted by Gasteiger charge is -2.16. The zero-order valence-electron chi connectivity index (χ0n) is 18.5. The van der Waals surface area contributed by atoms with Gasteiger partial charge >= 0.3 is 5.69 Å². The SMILES string of the molecule is Cc1ccccc1OCC(O)Cn1c(N/N=C\c2ccccc2Cl)nc2c1c(=O)[nH]c(=O)n2C. The first-order valence-electron chi connectivity index (χ1n) is 10.4. The van der Waals surface area contributed by atoms with Gasteiger partial charge in [0.25, 0.3) is 5.56 Å². The maximum Gasteiger partial charge on any atom is 0.329 e. The number of aliphatic hydroxyl groups excluding tert-OH is 1. The lowest BCUT2D eigenvalue weighted by molar-refractivity contribution is 0.0935. The summed E-state index contributed by atoms with van der Waals surface area (Å²) in [6.45, 7) is 1.86. The molecule has 0 fully saturated rings. The number of halogens is 1. The van der Waals surface area contributed by atoms with E-state index in [0.29, 0.717) is 16.3 Å². The van der Waals surface area contributed by atoms with Crippen molar-refractivity contribution < 1.29 is 9.84 Å². The van der Waals surface area contributed by atoms with Crippen molar-refractivity contribution in [2.24, 2.45) is 12.1 Å². The number of anilines is 1. The first kappa shape index (κ1) is 23.3. The van der Waals surface area contributed by atoms with Gasteiger partial charge in [-0.1, -0.05) is 48.0 Å². The van der Waals surface area contributed by atoms with Gasteiger partial charge < -0.3 is 14.4 Å². The van der Waals surface area contributed by atoms with Crippen molar-refractivity contribution in [2.45, 2.75) is 19.6 Å². The number of rotatable bonds is 8. The summed E-state index contributed by atoms with van der Waals surface area (Å²) >= 11 is 6.16. The fraction of sp³-hybridized carbons (Fsp3) is 0.217. The van der Waals surface area contributed by atoms with Crippen LogP contribution in [0.1, 0.15) is 11.1 Å². The minimum absolute atomic E-state index is 0.0173. The third kappa shape index (κ3) is 4.87. The average molecular weight is 483 g/mol. The van der Waals surface area contributed by atoms with Crippen LogP contribution in [0.15, 0.2) is 63.2 Å². The van der Waals surface area contributed by atoms with Crippen molar-refractivity contribution in [1.29, 1.82) is 0 Å². The van der Waals surface area contributed by atoms with Crippen LogP contribution < -0.4 is 21.4 Å². The predicted molar refractivity (Wildman–Crippen MR) is 131 cm³/mol. The Morgan fingerprint density at radius 2 is 1.97 bits per heavy atom. The van der Waals surface area contributed by atoms with E-state index in [1.165, 1.54) is 22.4 Å². The fourth-order valence-corrected chi connectivity index (χ4v) is 3.59. The summed E-state index contributed by atoms with van der Waals surface area (Å²) in [6.07, 6.45) is 0.522. The first-order valence-corrected chi connectivity index (χ1v) is 10.8. The average Bonchev–Trinajstić information content (AvgIpc) is 3.17. The molecule has 2 heterocycles. The molecule has 0 saturated heterocycles. The predicted octanol–water partition coefficient (Wildman–Crippen LogP) is 2.27. The Morgan fingerprint density at radius 3 is 2.74 bits per heavy atom. The Balaban J connectivity index is 1.64. The van der Waals surface area contributed by atoms with Crippen molar-refractivity contribution >= 4 is 34.9 Å². The maximum absolute atomic E-state index is 12.6. The first-order chi connectivity index (χ1) is 16.3. The van der Waals surface area contributed by atoms with E-state index in [9.17, 15) is 14.7 Å². The lowest BCUT2D eigenvalue weighted by atomic mass is 10.2. The molecule has 34 heavy (non-hydrogen) atoms. The van der Waals surface area contributed by atoms with Crippen molar-refractivity contribution in [2.75, 3.05) is 12.0 Å². The van der Waals surface area contributed by atoms with E-state index in [2.05, 4.69) is 20.5 Å². The summed E-state index contributed by atoms with van der Waals surface area (Å²) in [5.41, 5.74) is 3.44. The Labute approximate surface area is 199 Å². The molecule has 0 bridgehead atoms. The van der Waals surface area contributed by atoms with Crippen LogP contribution in [0.2, 0.25) is 5.02 Å². The molecule has 10 nitrogen and oxygen atoms in total. The van der Waals surface area contributed by atoms with Crippen LogP contribution in [-0.2, 0) is 13.6 Å². The summed E-state index contributed by atoms with van der Waals surface area (Å²) in [5, 5.41) is 15.4. The molecule has 176 valence electrons. The van der Waals surface area contributed by atoms with Gasteiger partial charge in [0.1, 0.15) is 18.5 Å². The number of H-pyrrole nitrogens is 1. The van der Waals surface area contributed by atoms with Crippen molar-refractivity contribution in [1.82, 2.24) is 19.1 Å². The number of imidazole rings is 1. The number of nitrogens with one attached hydrogen (secondary N) is 2. The van der Waals surface area contributed by atoms with E-state index < -0.39 is 17.4 Å². The second kappa shape index (κ2) is 9.94. The van der Waals surface area contributed by atoms with E-state index >= 15 is 0 Å². The van der Waals surface area contributed by atoms with Crippen LogP contribution in [0.3, 0.4) is 0 Å². The van der Waals surface area contributed by atoms with Gasteiger partial charge in [0.15, 0.2) is 11.2 Å². The second-order valence-electron chi connectivity index (χ2n) is 7.66. The van der Waals surface area contributed by atoms with E-state index in [-0.39, 0.29) is 30.3 Å². The van der Waals surface area contributed by atoms with Crippen LogP contribution in [0, 0.1) is 6.92 Å². The summed E-state index contributed by atoms with van der Waals surface area (Å²) in [7, 11) is 1.49. The number of aryl methyl sites for hydroxylation is 2. The molecule has 3 N–H and O–H groups in total. The molecule has 0 aliphatic carbocycles. The molecular formula is C23H23ClN6O4. The van der Waals surface area contributed by atoms with Gasteiger partial charge in [-0.3, -0.25) is 14.3 Å². The molecule has 11 heteroatoms. The highest BCUT2D eigenvalue weighted by atomic mass is 35.5. The van der Waals surface area contributed by atoms with Crippen LogP contribution in [0.25, 0.3) is 11.2 Å². The summed E-state index contributed by atoms with van der Waals surface area (Å²) in [5.74, 6) is 0.819. The Kier molecular flexibility index (Phi) is 6.80. The number of aliphatic hydroxyl groups is 1. The summed E-state index contributed by atoms with van der Waals surface area (Å²) < 4.78 is 8.41. The number of aromatic amines is 1. The van der Waals surface area contributed by atoms with Crippen molar-refractivity contribution in [3.63, 3.8) is 0 Å². The van der Waals surface area contributed by atoms with Gasteiger partial charge in [-0.15, -0.1) is 0 Å². The van der Waals surface area contributed by atoms with Gasteiger partial charge in [-0.25, -0.2) is 10.2 Å². The fourth-order valence-electron chi connectivity index (χ4n) is 3.40. The van der Waals surface area contributed by atoms with Gasteiger partial charge in [0.2, 0.25) is 5.95 Å². The number of benzene rings is 2. The Morgan fingerprint density at radius 1 is 1.24 bits per heavy atom. The van der Waals surface area contributed by atoms with E-state index in [0.717, 1.165) is 5.56 Å². The zero-order chi connectivity index (χ0) is 24.2. The van der Waals surface area contributed by atoms with Gasteiger partial charge in [0.05, 0.1) is 12.8 Å². The number of aromatic nitrogens is 4. The van der Waals surface area contributed by atoms with Gasteiger partial charge in [-0.05, 0) is 24.6 Å². The van der Waals surface area contributed by atoms with Crippen LogP contribution in [-0.4, -0.2) is 43.1 Å². The Hall–Kier alpha value is -3.89. The van der Waals surface area contributed by atoms with E-state index in [1.807, 2.05) is 37.3 Å². The molecule has 2 aromatic carbocycles.